The third kappa shape index (κ3) is 2.18. The highest BCUT2D eigenvalue weighted by Gasteiger charge is 2.23. The summed E-state index contributed by atoms with van der Waals surface area (Å²) in [6.45, 7) is 0. The number of carbonyl (C=O) groups is 2. The summed E-state index contributed by atoms with van der Waals surface area (Å²) in [4.78, 5) is 33.0. The lowest BCUT2D eigenvalue weighted by Gasteiger charge is -2.03. The molecule has 2 aromatic rings. The van der Waals surface area contributed by atoms with Crippen molar-refractivity contribution in [1.29, 1.82) is 0 Å². The zero-order chi connectivity index (χ0) is 14.0. The normalized spacial score (nSPS) is 10.1. The summed E-state index contributed by atoms with van der Waals surface area (Å²) in [7, 11) is 0. The lowest BCUT2D eigenvalue weighted by molar-refractivity contribution is -0.385. The number of aromatic nitrogens is 2. The predicted octanol–water partition coefficient (Wildman–Crippen LogP) is -0.0876. The molecule has 0 aliphatic heterocycles. The minimum absolute atomic E-state index is 0.212. The summed E-state index contributed by atoms with van der Waals surface area (Å²) >= 11 is 0. The second-order valence-electron chi connectivity index (χ2n) is 3.55. The summed E-state index contributed by atoms with van der Waals surface area (Å²) in [5.41, 5.74) is -1.41. The molecule has 0 aliphatic carbocycles. The molecule has 2 rings (SSSR count). The number of hydrogen-bond donors (Lipinski definition) is 1. The number of nitrogens with zero attached hydrogens (tertiary/aromatic N) is 2. The van der Waals surface area contributed by atoms with E-state index in [2.05, 4.69) is 10.2 Å². The number of nitro groups is 1. The van der Waals surface area contributed by atoms with Gasteiger partial charge in [-0.05, 0) is 6.07 Å². The molecule has 1 N–H and O–H groups in total. The van der Waals surface area contributed by atoms with Crippen molar-refractivity contribution in [3.05, 3.63) is 57.4 Å². The predicted molar refractivity (Wildman–Crippen MR) is 59.4 cm³/mol. The molecule has 96 valence electrons. The van der Waals surface area contributed by atoms with Crippen LogP contribution in [0.1, 0.15) is 26.4 Å². The molecular weight excluding hydrogens is 254 g/mol. The van der Waals surface area contributed by atoms with Crippen molar-refractivity contribution in [3.63, 3.8) is 0 Å². The van der Waals surface area contributed by atoms with Gasteiger partial charge in [0.05, 0.1) is 28.3 Å². The zero-order valence-corrected chi connectivity index (χ0v) is 9.32. The van der Waals surface area contributed by atoms with Gasteiger partial charge in [0.25, 0.3) is 5.69 Å². The Kier molecular flexibility index (Phi) is 3.06. The first-order valence-corrected chi connectivity index (χ1v) is 5.05. The van der Waals surface area contributed by atoms with E-state index in [4.69, 9.17) is 0 Å². The summed E-state index contributed by atoms with van der Waals surface area (Å²) in [5, 5.41) is 27.1. The topological polar surface area (TPSA) is 129 Å². The lowest BCUT2D eigenvalue weighted by atomic mass is 10.0. The van der Waals surface area contributed by atoms with Crippen LogP contribution in [0.15, 0.2) is 30.5 Å². The van der Waals surface area contributed by atoms with Gasteiger partial charge >= 0.3 is 0 Å². The number of para-hydroxylation sites is 1. The summed E-state index contributed by atoms with van der Waals surface area (Å²) in [6.07, 6.45) is 0.990. The van der Waals surface area contributed by atoms with Gasteiger partial charge in [0, 0.05) is 6.07 Å². The molecule has 1 heterocycles. The number of aromatic carboxylic acids is 1. The summed E-state index contributed by atoms with van der Waals surface area (Å²) < 4.78 is 0. The Morgan fingerprint density at radius 1 is 1.21 bits per heavy atom. The Hall–Kier alpha value is -3.03. The minimum atomic E-state index is -1.61. The molecule has 8 nitrogen and oxygen atoms in total. The number of carboxylic acids is 1. The monoisotopic (exact) mass is 260 g/mol. The fourth-order valence-corrected chi connectivity index (χ4v) is 1.58. The maximum atomic E-state index is 12.1. The van der Waals surface area contributed by atoms with Crippen LogP contribution in [0.4, 0.5) is 5.69 Å². The molecular formula is C11H6N3O5-. The molecule has 1 aromatic heterocycles. The van der Waals surface area contributed by atoms with E-state index in [-0.39, 0.29) is 11.1 Å². The van der Waals surface area contributed by atoms with Crippen LogP contribution < -0.4 is 5.11 Å². The standard InChI is InChI=1S/C11H7N3O5/c15-10(7-5-12-13-9(7)11(16)17)6-3-1-2-4-8(6)14(18)19/h1-5H,(H,12,13)(H,16,17)/p-1. The number of benzene rings is 1. The molecule has 0 aliphatic rings. The Morgan fingerprint density at radius 2 is 1.89 bits per heavy atom. The number of ketones is 1. The number of H-pyrrole nitrogens is 1. The van der Waals surface area contributed by atoms with Crippen molar-refractivity contribution in [3.8, 4) is 0 Å². The number of carbonyl (C=O) groups excluding carboxylic acids is 2. The van der Waals surface area contributed by atoms with Gasteiger partial charge in [-0.2, -0.15) is 5.10 Å². The van der Waals surface area contributed by atoms with Crippen molar-refractivity contribution in [2.75, 3.05) is 0 Å². The van der Waals surface area contributed by atoms with Crippen molar-refractivity contribution in [1.82, 2.24) is 10.2 Å². The molecule has 8 heteroatoms. The molecule has 19 heavy (non-hydrogen) atoms. The first-order valence-electron chi connectivity index (χ1n) is 5.05. The van der Waals surface area contributed by atoms with E-state index < -0.39 is 28.1 Å². The van der Waals surface area contributed by atoms with Gasteiger partial charge < -0.3 is 9.90 Å². The van der Waals surface area contributed by atoms with E-state index in [9.17, 15) is 24.8 Å². The van der Waals surface area contributed by atoms with Gasteiger partial charge in [-0.1, -0.05) is 12.1 Å². The van der Waals surface area contributed by atoms with Crippen LogP contribution in [0.25, 0.3) is 0 Å². The van der Waals surface area contributed by atoms with Gasteiger partial charge in [0.2, 0.25) is 5.78 Å². The quantitative estimate of drug-likeness (QED) is 0.464. The number of nitro benzene ring substituents is 1. The second kappa shape index (κ2) is 4.69. The molecule has 0 fully saturated rings. The van der Waals surface area contributed by atoms with Crippen LogP contribution in [0.3, 0.4) is 0 Å². The molecule has 0 saturated heterocycles. The summed E-state index contributed by atoms with van der Waals surface area (Å²) in [5.74, 6) is -2.42. The van der Waals surface area contributed by atoms with Crippen LogP contribution in [0, 0.1) is 10.1 Å². The smallest absolute Gasteiger partial charge is 0.280 e. The van der Waals surface area contributed by atoms with Crippen molar-refractivity contribution in [2.24, 2.45) is 0 Å². The third-order valence-electron chi connectivity index (χ3n) is 2.43. The van der Waals surface area contributed by atoms with Gasteiger partial charge in [-0.25, -0.2) is 0 Å². The molecule has 0 bridgehead atoms. The Labute approximate surface area is 105 Å². The van der Waals surface area contributed by atoms with Gasteiger partial charge in [0.15, 0.2) is 0 Å². The Balaban J connectivity index is 2.54. The molecule has 0 spiro atoms. The highest BCUT2D eigenvalue weighted by atomic mass is 16.6. The minimum Gasteiger partial charge on any atom is -0.543 e. The van der Waals surface area contributed by atoms with E-state index in [0.29, 0.717) is 0 Å². The van der Waals surface area contributed by atoms with Crippen LogP contribution in [-0.2, 0) is 0 Å². The van der Waals surface area contributed by atoms with Gasteiger partial charge in [0.1, 0.15) is 5.56 Å². The van der Waals surface area contributed by atoms with Crippen molar-refractivity contribution < 1.29 is 19.6 Å². The van der Waals surface area contributed by atoms with E-state index in [1.165, 1.54) is 18.2 Å². The average Bonchev–Trinajstić information content (AvgIpc) is 2.87. The number of carboxylic acid groups (broad SMARTS) is 1. The molecule has 0 saturated carbocycles. The van der Waals surface area contributed by atoms with E-state index >= 15 is 0 Å². The van der Waals surface area contributed by atoms with Crippen LogP contribution in [0.5, 0.6) is 0 Å². The highest BCUT2D eigenvalue weighted by Crippen LogP contribution is 2.21. The number of nitrogens with one attached hydrogen (secondary N) is 1. The Bertz CT molecular complexity index is 676. The van der Waals surface area contributed by atoms with Crippen molar-refractivity contribution >= 4 is 17.4 Å². The molecule has 0 amide bonds. The maximum Gasteiger partial charge on any atom is 0.280 e. The fourth-order valence-electron chi connectivity index (χ4n) is 1.58. The van der Waals surface area contributed by atoms with E-state index in [0.717, 1.165) is 12.3 Å². The molecule has 0 radical (unpaired) electrons. The zero-order valence-electron chi connectivity index (χ0n) is 9.32. The number of aromatic amines is 1. The average molecular weight is 260 g/mol. The molecule has 0 atom stereocenters. The number of rotatable bonds is 4. The first-order chi connectivity index (χ1) is 9.02. The van der Waals surface area contributed by atoms with Crippen LogP contribution >= 0.6 is 0 Å². The van der Waals surface area contributed by atoms with E-state index in [1.54, 1.807) is 0 Å². The van der Waals surface area contributed by atoms with E-state index in [1.807, 2.05) is 0 Å². The third-order valence-corrected chi connectivity index (χ3v) is 2.43. The summed E-state index contributed by atoms with van der Waals surface area (Å²) in [6, 6.07) is 5.25. The van der Waals surface area contributed by atoms with Gasteiger partial charge in [-0.15, -0.1) is 0 Å². The number of hydrogen-bond acceptors (Lipinski definition) is 6. The molecule has 1 aromatic carbocycles. The SMILES string of the molecule is O=C(c1ccccc1[N+](=O)[O-])c1cn[nH]c1C(=O)[O-]. The van der Waals surface area contributed by atoms with Crippen molar-refractivity contribution in [2.45, 2.75) is 0 Å². The van der Waals surface area contributed by atoms with Gasteiger partial charge in [-0.3, -0.25) is 20.0 Å². The van der Waals surface area contributed by atoms with Crippen LogP contribution in [-0.4, -0.2) is 26.9 Å². The lowest BCUT2D eigenvalue weighted by Crippen LogP contribution is -2.25. The van der Waals surface area contributed by atoms with Crippen LogP contribution in [0.2, 0.25) is 0 Å². The first kappa shape index (κ1) is 12.4. The largest absolute Gasteiger partial charge is 0.543 e. The highest BCUT2D eigenvalue weighted by molar-refractivity contribution is 6.15. The maximum absolute atomic E-state index is 12.1. The second-order valence-corrected chi connectivity index (χ2v) is 3.55. The molecule has 0 unspecified atom stereocenters. The Morgan fingerprint density at radius 3 is 2.53 bits per heavy atom. The fraction of sp³-hybridized carbons (Fsp3) is 0.